The molecule has 1 heterocycles. The minimum atomic E-state index is -1.07. The molecule has 3 aromatic rings. The van der Waals surface area contributed by atoms with Gasteiger partial charge in [-0.05, 0) is 35.0 Å². The van der Waals surface area contributed by atoms with E-state index in [4.69, 9.17) is 5.11 Å². The highest BCUT2D eigenvalue weighted by Gasteiger charge is 2.12. The molecule has 0 aliphatic heterocycles. The molecule has 1 aromatic heterocycles. The van der Waals surface area contributed by atoms with E-state index >= 15 is 0 Å². The Hall–Kier alpha value is -3.41. The maximum atomic E-state index is 11.5. The summed E-state index contributed by atoms with van der Waals surface area (Å²) in [5, 5.41) is 22.9. The van der Waals surface area contributed by atoms with Crippen molar-refractivity contribution in [2.24, 2.45) is 0 Å². The largest absolute Gasteiger partial charge is 0.478 e. The summed E-state index contributed by atoms with van der Waals surface area (Å²) in [6.07, 6.45) is 1.21. The number of hydrogen-bond donors (Lipinski definition) is 3. The van der Waals surface area contributed by atoms with Crippen LogP contribution in [0, 0.1) is 0 Å². The van der Waals surface area contributed by atoms with Crippen LogP contribution in [0.5, 0.6) is 0 Å². The molecule has 0 amide bonds. The molecule has 0 spiro atoms. The summed E-state index contributed by atoms with van der Waals surface area (Å²) in [5.41, 5.74) is 0.576. The summed E-state index contributed by atoms with van der Waals surface area (Å²) >= 11 is 0. The van der Waals surface area contributed by atoms with E-state index in [1.165, 1.54) is 18.3 Å². The van der Waals surface area contributed by atoms with Crippen LogP contribution in [0.1, 0.15) is 20.7 Å². The first kappa shape index (κ1) is 14.5. The molecular weight excluding hydrogens is 296 g/mol. The Bertz CT molecular complexity index is 904. The molecule has 0 fully saturated rings. The number of fused-ring (bicyclic) bond motifs is 1. The van der Waals surface area contributed by atoms with Crippen molar-refractivity contribution in [3.63, 3.8) is 0 Å². The molecule has 0 saturated heterocycles. The van der Waals surface area contributed by atoms with Crippen molar-refractivity contribution in [1.29, 1.82) is 0 Å². The Balaban J connectivity index is 2.02. The maximum Gasteiger partial charge on any atom is 0.337 e. The zero-order chi connectivity index (χ0) is 16.4. The first-order valence-corrected chi connectivity index (χ1v) is 6.77. The summed E-state index contributed by atoms with van der Waals surface area (Å²) in [6, 6.07) is 13.6. The van der Waals surface area contributed by atoms with Gasteiger partial charge in [0.25, 0.3) is 0 Å². The summed E-state index contributed by atoms with van der Waals surface area (Å²) in [5.74, 6) is -1.76. The number of pyridine rings is 1. The Morgan fingerprint density at radius 2 is 1.61 bits per heavy atom. The predicted octanol–water partition coefficient (Wildman–Crippen LogP) is 3.37. The third-order valence-corrected chi connectivity index (χ3v) is 3.39. The summed E-state index contributed by atoms with van der Waals surface area (Å²) < 4.78 is 0. The number of anilines is 2. The smallest absolute Gasteiger partial charge is 0.337 e. The Labute approximate surface area is 131 Å². The van der Waals surface area contributed by atoms with Crippen molar-refractivity contribution in [2.45, 2.75) is 0 Å². The SMILES string of the molecule is O=C(O)c1ccc(Nc2cc3ccccc3cc2C(=O)O)nc1. The third kappa shape index (κ3) is 2.96. The highest BCUT2D eigenvalue weighted by atomic mass is 16.4. The Kier molecular flexibility index (Phi) is 3.64. The molecule has 0 aliphatic rings. The molecule has 2 aromatic carbocycles. The Morgan fingerprint density at radius 3 is 2.17 bits per heavy atom. The van der Waals surface area contributed by atoms with Gasteiger partial charge in [0, 0.05) is 6.20 Å². The van der Waals surface area contributed by atoms with Gasteiger partial charge in [-0.1, -0.05) is 24.3 Å². The van der Waals surface area contributed by atoms with Gasteiger partial charge in [0.2, 0.25) is 0 Å². The van der Waals surface area contributed by atoms with Crippen molar-refractivity contribution < 1.29 is 19.8 Å². The normalized spacial score (nSPS) is 10.4. The number of nitrogens with one attached hydrogen (secondary N) is 1. The number of aromatic carboxylic acids is 2. The summed E-state index contributed by atoms with van der Waals surface area (Å²) in [7, 11) is 0. The van der Waals surface area contributed by atoms with Gasteiger partial charge in [0.15, 0.2) is 0 Å². The quantitative estimate of drug-likeness (QED) is 0.683. The highest BCUT2D eigenvalue weighted by molar-refractivity contribution is 6.01. The molecule has 23 heavy (non-hydrogen) atoms. The average Bonchev–Trinajstić information content (AvgIpc) is 2.54. The second-order valence-corrected chi connectivity index (χ2v) is 4.91. The summed E-state index contributed by atoms with van der Waals surface area (Å²) in [6.45, 7) is 0. The molecule has 0 bridgehead atoms. The van der Waals surface area contributed by atoms with Crippen LogP contribution in [0.4, 0.5) is 11.5 Å². The lowest BCUT2D eigenvalue weighted by molar-refractivity contribution is 0.0686. The molecule has 0 saturated carbocycles. The van der Waals surface area contributed by atoms with Gasteiger partial charge in [-0.2, -0.15) is 0 Å². The zero-order valence-corrected chi connectivity index (χ0v) is 11.9. The molecule has 0 aliphatic carbocycles. The maximum absolute atomic E-state index is 11.5. The van der Waals surface area contributed by atoms with Gasteiger partial charge in [0.05, 0.1) is 16.8 Å². The summed E-state index contributed by atoms with van der Waals surface area (Å²) in [4.78, 5) is 26.3. The van der Waals surface area contributed by atoms with Gasteiger partial charge in [-0.3, -0.25) is 0 Å². The van der Waals surface area contributed by atoms with Crippen molar-refractivity contribution in [3.8, 4) is 0 Å². The van der Waals surface area contributed by atoms with Gasteiger partial charge >= 0.3 is 11.9 Å². The first-order valence-electron chi connectivity index (χ1n) is 6.77. The first-order chi connectivity index (χ1) is 11.0. The van der Waals surface area contributed by atoms with Crippen LogP contribution in [-0.4, -0.2) is 27.1 Å². The molecule has 0 unspecified atom stereocenters. The number of aromatic nitrogens is 1. The van der Waals surface area contributed by atoms with Crippen LogP contribution in [0.3, 0.4) is 0 Å². The molecule has 3 N–H and O–H groups in total. The molecule has 114 valence electrons. The van der Waals surface area contributed by atoms with Crippen molar-refractivity contribution in [3.05, 3.63) is 65.9 Å². The van der Waals surface area contributed by atoms with Crippen LogP contribution < -0.4 is 5.32 Å². The zero-order valence-electron chi connectivity index (χ0n) is 11.9. The lowest BCUT2D eigenvalue weighted by atomic mass is 10.0. The standard InChI is InChI=1S/C17H12N2O4/c20-16(21)12-5-6-15(18-9-12)19-14-8-11-4-2-1-3-10(11)7-13(14)17(22)23/h1-9H,(H,18,19)(H,20,21)(H,22,23). The van der Waals surface area contributed by atoms with Crippen molar-refractivity contribution in [1.82, 2.24) is 4.98 Å². The fraction of sp³-hybridized carbons (Fsp3) is 0. The van der Waals surface area contributed by atoms with Crippen LogP contribution >= 0.6 is 0 Å². The van der Waals surface area contributed by atoms with E-state index in [0.717, 1.165) is 10.8 Å². The lowest BCUT2D eigenvalue weighted by Crippen LogP contribution is -2.04. The van der Waals surface area contributed by atoms with Crippen LogP contribution in [0.25, 0.3) is 10.8 Å². The fourth-order valence-corrected chi connectivity index (χ4v) is 2.25. The van der Waals surface area contributed by atoms with E-state index < -0.39 is 11.9 Å². The molecule has 0 atom stereocenters. The van der Waals surface area contributed by atoms with Crippen molar-refractivity contribution >= 4 is 34.2 Å². The number of benzene rings is 2. The molecule has 3 rings (SSSR count). The molecule has 6 nitrogen and oxygen atoms in total. The number of nitrogens with zero attached hydrogens (tertiary/aromatic N) is 1. The monoisotopic (exact) mass is 308 g/mol. The molecule has 0 radical (unpaired) electrons. The van der Waals surface area contributed by atoms with E-state index in [1.807, 2.05) is 24.3 Å². The number of carbonyl (C=O) groups is 2. The average molecular weight is 308 g/mol. The van der Waals surface area contributed by atoms with Gasteiger partial charge in [0.1, 0.15) is 5.82 Å². The highest BCUT2D eigenvalue weighted by Crippen LogP contribution is 2.26. The van der Waals surface area contributed by atoms with E-state index in [1.54, 1.807) is 12.1 Å². The van der Waals surface area contributed by atoms with Gasteiger partial charge < -0.3 is 15.5 Å². The van der Waals surface area contributed by atoms with Crippen molar-refractivity contribution in [2.75, 3.05) is 5.32 Å². The number of hydrogen-bond acceptors (Lipinski definition) is 4. The van der Waals surface area contributed by atoms with E-state index in [-0.39, 0.29) is 11.1 Å². The van der Waals surface area contributed by atoms with Gasteiger partial charge in [-0.25, -0.2) is 14.6 Å². The fourth-order valence-electron chi connectivity index (χ4n) is 2.25. The Morgan fingerprint density at radius 1 is 0.913 bits per heavy atom. The second-order valence-electron chi connectivity index (χ2n) is 4.91. The van der Waals surface area contributed by atoms with E-state index in [2.05, 4.69) is 10.3 Å². The van der Waals surface area contributed by atoms with E-state index in [0.29, 0.717) is 11.5 Å². The van der Waals surface area contributed by atoms with Crippen LogP contribution in [0.15, 0.2) is 54.7 Å². The third-order valence-electron chi connectivity index (χ3n) is 3.39. The van der Waals surface area contributed by atoms with Crippen LogP contribution in [0.2, 0.25) is 0 Å². The van der Waals surface area contributed by atoms with E-state index in [9.17, 15) is 14.7 Å². The topological polar surface area (TPSA) is 99.5 Å². The number of rotatable bonds is 4. The second kappa shape index (κ2) is 5.76. The van der Waals surface area contributed by atoms with Gasteiger partial charge in [-0.15, -0.1) is 0 Å². The number of carboxylic acids is 2. The molecular formula is C17H12N2O4. The predicted molar refractivity (Wildman–Crippen MR) is 85.4 cm³/mol. The number of carboxylic acid groups (broad SMARTS) is 2. The lowest BCUT2D eigenvalue weighted by Gasteiger charge is -2.11. The minimum Gasteiger partial charge on any atom is -0.478 e. The minimum absolute atomic E-state index is 0.0625. The molecule has 6 heteroatoms. The van der Waals surface area contributed by atoms with Crippen LogP contribution in [-0.2, 0) is 0 Å².